The molecule has 3 rings (SSSR count). The molecule has 2 aromatic rings. The Hall–Kier alpha value is -2.13. The highest BCUT2D eigenvalue weighted by Gasteiger charge is 2.22. The molecule has 1 aliphatic rings. The first-order chi connectivity index (χ1) is 10.3. The zero-order valence-electron chi connectivity index (χ0n) is 12.1. The van der Waals surface area contributed by atoms with Crippen LogP contribution in [0.2, 0.25) is 0 Å². The monoisotopic (exact) mass is 281 g/mol. The minimum atomic E-state index is -0.00293. The highest BCUT2D eigenvalue weighted by atomic mass is 16.5. The summed E-state index contributed by atoms with van der Waals surface area (Å²) in [4.78, 5) is 12.3. The first-order valence-electron chi connectivity index (χ1n) is 7.30. The van der Waals surface area contributed by atoms with Gasteiger partial charge in [0.1, 0.15) is 5.75 Å². The molecule has 0 saturated carbocycles. The topological polar surface area (TPSA) is 38.3 Å². The largest absolute Gasteiger partial charge is 0.497 e. The fraction of sp³-hybridized carbons (Fsp3) is 0.278. The first-order valence-corrected chi connectivity index (χ1v) is 7.30. The van der Waals surface area contributed by atoms with Crippen LogP contribution in [0, 0.1) is 0 Å². The van der Waals surface area contributed by atoms with Crippen molar-refractivity contribution in [3.05, 3.63) is 54.1 Å². The van der Waals surface area contributed by atoms with Crippen LogP contribution < -0.4 is 10.1 Å². The Bertz CT molecular complexity index is 611. The zero-order valence-corrected chi connectivity index (χ0v) is 12.1. The van der Waals surface area contributed by atoms with Crippen molar-refractivity contribution in [3.8, 4) is 16.9 Å². The smallest absolute Gasteiger partial charge is 0.179 e. The molecule has 1 unspecified atom stereocenters. The van der Waals surface area contributed by atoms with Gasteiger partial charge >= 0.3 is 0 Å². The van der Waals surface area contributed by atoms with Gasteiger partial charge in [-0.2, -0.15) is 0 Å². The highest BCUT2D eigenvalue weighted by Crippen LogP contribution is 2.23. The fourth-order valence-electron chi connectivity index (χ4n) is 2.72. The number of carbonyl (C=O) groups excluding carboxylic acids is 1. The SMILES string of the molecule is COc1ccc(-c2ccc(C(=O)C3CCCN3)cc2)cc1. The molecule has 1 N–H and O–H groups in total. The summed E-state index contributed by atoms with van der Waals surface area (Å²) in [6.45, 7) is 0.945. The van der Waals surface area contributed by atoms with Gasteiger partial charge in [0.15, 0.2) is 5.78 Å². The van der Waals surface area contributed by atoms with Crippen LogP contribution in [0.1, 0.15) is 23.2 Å². The number of hydrogen-bond acceptors (Lipinski definition) is 3. The number of nitrogens with one attached hydrogen (secondary N) is 1. The summed E-state index contributed by atoms with van der Waals surface area (Å²) in [6.07, 6.45) is 2.03. The van der Waals surface area contributed by atoms with Gasteiger partial charge in [0, 0.05) is 5.56 Å². The molecule has 0 aliphatic carbocycles. The van der Waals surface area contributed by atoms with E-state index in [1.165, 1.54) is 0 Å². The normalized spacial score (nSPS) is 17.7. The Balaban J connectivity index is 1.78. The van der Waals surface area contributed by atoms with Gasteiger partial charge in [-0.15, -0.1) is 0 Å². The van der Waals surface area contributed by atoms with Crippen molar-refractivity contribution in [1.82, 2.24) is 5.32 Å². The molecule has 1 saturated heterocycles. The van der Waals surface area contributed by atoms with Crippen molar-refractivity contribution >= 4 is 5.78 Å². The molecule has 0 amide bonds. The Morgan fingerprint density at radius 1 is 1.05 bits per heavy atom. The van der Waals surface area contributed by atoms with Gasteiger partial charge in [0.25, 0.3) is 0 Å². The second kappa shape index (κ2) is 6.10. The van der Waals surface area contributed by atoms with Crippen LogP contribution in [0.4, 0.5) is 0 Å². The zero-order chi connectivity index (χ0) is 14.7. The number of Topliss-reactive ketones (excluding diaryl/α,β-unsaturated/α-hetero) is 1. The molecule has 1 aliphatic heterocycles. The number of ketones is 1. The maximum atomic E-state index is 12.3. The molecule has 1 atom stereocenters. The average Bonchev–Trinajstić information content (AvgIpc) is 3.09. The summed E-state index contributed by atoms with van der Waals surface area (Å²) < 4.78 is 5.16. The van der Waals surface area contributed by atoms with Crippen molar-refractivity contribution in [2.75, 3.05) is 13.7 Å². The van der Waals surface area contributed by atoms with Crippen molar-refractivity contribution in [1.29, 1.82) is 0 Å². The van der Waals surface area contributed by atoms with E-state index in [9.17, 15) is 4.79 Å². The molecule has 2 aromatic carbocycles. The standard InChI is InChI=1S/C18H19NO2/c1-21-16-10-8-14(9-11-16)13-4-6-15(7-5-13)18(20)17-3-2-12-19-17/h4-11,17,19H,2-3,12H2,1H3. The van der Waals surface area contributed by atoms with Gasteiger partial charge in [-0.1, -0.05) is 36.4 Å². The van der Waals surface area contributed by atoms with E-state index in [4.69, 9.17) is 4.74 Å². The summed E-state index contributed by atoms with van der Waals surface area (Å²) in [5.41, 5.74) is 3.01. The van der Waals surface area contributed by atoms with E-state index in [-0.39, 0.29) is 11.8 Å². The maximum absolute atomic E-state index is 12.3. The third kappa shape index (κ3) is 2.98. The lowest BCUT2D eigenvalue weighted by molar-refractivity contribution is 0.0952. The van der Waals surface area contributed by atoms with Gasteiger partial charge in [0.2, 0.25) is 0 Å². The average molecular weight is 281 g/mol. The maximum Gasteiger partial charge on any atom is 0.179 e. The van der Waals surface area contributed by atoms with E-state index in [0.717, 1.165) is 41.8 Å². The van der Waals surface area contributed by atoms with Gasteiger partial charge in [0.05, 0.1) is 13.2 Å². The number of hydrogen-bond donors (Lipinski definition) is 1. The van der Waals surface area contributed by atoms with Crippen molar-refractivity contribution in [2.45, 2.75) is 18.9 Å². The summed E-state index contributed by atoms with van der Waals surface area (Å²) in [6, 6.07) is 15.8. The number of rotatable bonds is 4. The van der Waals surface area contributed by atoms with Gasteiger partial charge < -0.3 is 10.1 Å². The molecule has 0 spiro atoms. The van der Waals surface area contributed by atoms with Crippen molar-refractivity contribution in [3.63, 3.8) is 0 Å². The van der Waals surface area contributed by atoms with E-state index < -0.39 is 0 Å². The second-order valence-electron chi connectivity index (χ2n) is 5.32. The van der Waals surface area contributed by atoms with Crippen LogP contribution in [0.25, 0.3) is 11.1 Å². The summed E-state index contributed by atoms with van der Waals surface area (Å²) >= 11 is 0. The predicted molar refractivity (Wildman–Crippen MR) is 83.8 cm³/mol. The summed E-state index contributed by atoms with van der Waals surface area (Å²) in [5, 5.41) is 3.25. The van der Waals surface area contributed by atoms with Crippen LogP contribution >= 0.6 is 0 Å². The van der Waals surface area contributed by atoms with Crippen LogP contribution in [0.5, 0.6) is 5.75 Å². The second-order valence-corrected chi connectivity index (χ2v) is 5.32. The van der Waals surface area contributed by atoms with Crippen molar-refractivity contribution in [2.24, 2.45) is 0 Å². The van der Waals surface area contributed by atoms with E-state index in [1.807, 2.05) is 48.5 Å². The van der Waals surface area contributed by atoms with E-state index >= 15 is 0 Å². The Labute approximate surface area is 124 Å². The van der Waals surface area contributed by atoms with Crippen LogP contribution in [-0.4, -0.2) is 25.5 Å². The lowest BCUT2D eigenvalue weighted by Crippen LogP contribution is -2.30. The van der Waals surface area contributed by atoms with E-state index in [2.05, 4.69) is 5.32 Å². The van der Waals surface area contributed by atoms with E-state index in [0.29, 0.717) is 0 Å². The molecule has 0 aromatic heterocycles. The van der Waals surface area contributed by atoms with E-state index in [1.54, 1.807) is 7.11 Å². The molecule has 0 bridgehead atoms. The third-order valence-electron chi connectivity index (χ3n) is 3.97. The molecule has 108 valence electrons. The molecule has 1 heterocycles. The van der Waals surface area contributed by atoms with Gasteiger partial charge in [-0.05, 0) is 42.6 Å². The van der Waals surface area contributed by atoms with Crippen LogP contribution in [0.3, 0.4) is 0 Å². The number of benzene rings is 2. The number of carbonyl (C=O) groups is 1. The molecule has 3 heteroatoms. The summed E-state index contributed by atoms with van der Waals surface area (Å²) in [5.74, 6) is 1.05. The molecule has 1 fully saturated rings. The lowest BCUT2D eigenvalue weighted by Gasteiger charge is -2.10. The molecule has 21 heavy (non-hydrogen) atoms. The number of methoxy groups -OCH3 is 1. The Morgan fingerprint density at radius 3 is 2.19 bits per heavy atom. The molecule has 3 nitrogen and oxygen atoms in total. The quantitative estimate of drug-likeness (QED) is 0.874. The first kappa shape index (κ1) is 13.8. The minimum Gasteiger partial charge on any atom is -0.497 e. The van der Waals surface area contributed by atoms with Crippen LogP contribution in [-0.2, 0) is 0 Å². The fourth-order valence-corrected chi connectivity index (χ4v) is 2.72. The molecule has 0 radical (unpaired) electrons. The lowest BCUT2D eigenvalue weighted by atomic mass is 9.99. The third-order valence-corrected chi connectivity index (χ3v) is 3.97. The Kier molecular flexibility index (Phi) is 4.02. The number of ether oxygens (including phenoxy) is 1. The van der Waals surface area contributed by atoms with Gasteiger partial charge in [-0.3, -0.25) is 4.79 Å². The van der Waals surface area contributed by atoms with Crippen molar-refractivity contribution < 1.29 is 9.53 Å². The Morgan fingerprint density at radius 2 is 1.67 bits per heavy atom. The van der Waals surface area contributed by atoms with Gasteiger partial charge in [-0.25, -0.2) is 0 Å². The molecular formula is C18H19NO2. The predicted octanol–water partition coefficient (Wildman–Crippen LogP) is 3.30. The minimum absolute atomic E-state index is 0.00293. The molecular weight excluding hydrogens is 262 g/mol. The highest BCUT2D eigenvalue weighted by molar-refractivity contribution is 6.00. The van der Waals surface area contributed by atoms with Crippen LogP contribution in [0.15, 0.2) is 48.5 Å². The summed E-state index contributed by atoms with van der Waals surface area (Å²) in [7, 11) is 1.66.